The first-order valence-corrected chi connectivity index (χ1v) is 7.51. The molecule has 0 spiro atoms. The van der Waals surface area contributed by atoms with Crippen molar-refractivity contribution < 1.29 is 4.74 Å². The second kappa shape index (κ2) is 6.08. The number of fused-ring (bicyclic) bond motifs is 1. The molecule has 1 unspecified atom stereocenters. The second-order valence-electron chi connectivity index (χ2n) is 5.14. The summed E-state index contributed by atoms with van der Waals surface area (Å²) in [5.41, 5.74) is 1.83. The van der Waals surface area contributed by atoms with E-state index < -0.39 is 0 Å². The van der Waals surface area contributed by atoms with E-state index in [9.17, 15) is 0 Å². The van der Waals surface area contributed by atoms with Crippen LogP contribution in [0.15, 0.2) is 18.3 Å². The van der Waals surface area contributed by atoms with E-state index in [0.29, 0.717) is 11.9 Å². The molecule has 1 atom stereocenters. The lowest BCUT2D eigenvalue weighted by Crippen LogP contribution is -2.39. The SMILES string of the molecule is CC(CN1CCOCC1)n1c(CCl)nc2cccnc21. The molecular formula is C14H19ClN4O. The molecule has 0 saturated carbocycles. The van der Waals surface area contributed by atoms with Gasteiger partial charge in [-0.05, 0) is 19.1 Å². The van der Waals surface area contributed by atoms with E-state index in [1.807, 2.05) is 12.1 Å². The predicted octanol–water partition coefficient (Wildman–Crippen LogP) is 2.06. The number of morpholine rings is 1. The van der Waals surface area contributed by atoms with Crippen molar-refractivity contribution in [1.29, 1.82) is 0 Å². The first-order chi connectivity index (χ1) is 9.79. The molecule has 3 heterocycles. The van der Waals surface area contributed by atoms with E-state index in [1.54, 1.807) is 6.20 Å². The summed E-state index contributed by atoms with van der Waals surface area (Å²) in [6, 6.07) is 4.18. The van der Waals surface area contributed by atoms with Gasteiger partial charge in [0.05, 0.1) is 19.1 Å². The van der Waals surface area contributed by atoms with Gasteiger partial charge in [0.15, 0.2) is 5.65 Å². The molecule has 2 aromatic rings. The highest BCUT2D eigenvalue weighted by Gasteiger charge is 2.19. The topological polar surface area (TPSA) is 43.2 Å². The van der Waals surface area contributed by atoms with Crippen molar-refractivity contribution in [2.24, 2.45) is 0 Å². The van der Waals surface area contributed by atoms with Crippen LogP contribution in [0.25, 0.3) is 11.2 Å². The van der Waals surface area contributed by atoms with Gasteiger partial charge in [0.1, 0.15) is 11.3 Å². The molecule has 0 bridgehead atoms. The first-order valence-electron chi connectivity index (χ1n) is 6.97. The van der Waals surface area contributed by atoms with Crippen molar-refractivity contribution in [3.8, 4) is 0 Å². The third-order valence-electron chi connectivity index (χ3n) is 3.71. The number of rotatable bonds is 4. The monoisotopic (exact) mass is 294 g/mol. The fourth-order valence-corrected chi connectivity index (χ4v) is 2.96. The minimum atomic E-state index is 0.293. The van der Waals surface area contributed by atoms with E-state index in [4.69, 9.17) is 16.3 Å². The summed E-state index contributed by atoms with van der Waals surface area (Å²) in [5, 5.41) is 0. The Bertz CT molecular complexity index is 580. The zero-order chi connectivity index (χ0) is 13.9. The minimum Gasteiger partial charge on any atom is -0.379 e. The molecular weight excluding hydrogens is 276 g/mol. The van der Waals surface area contributed by atoms with E-state index in [-0.39, 0.29) is 0 Å². The normalized spacial score (nSPS) is 18.5. The minimum absolute atomic E-state index is 0.293. The van der Waals surface area contributed by atoms with E-state index in [1.165, 1.54) is 0 Å². The lowest BCUT2D eigenvalue weighted by atomic mass is 10.2. The van der Waals surface area contributed by atoms with Crippen LogP contribution in [0, 0.1) is 0 Å². The highest BCUT2D eigenvalue weighted by Crippen LogP contribution is 2.21. The van der Waals surface area contributed by atoms with E-state index in [2.05, 4.69) is 26.4 Å². The molecule has 6 heteroatoms. The smallest absolute Gasteiger partial charge is 0.160 e. The molecule has 5 nitrogen and oxygen atoms in total. The molecule has 20 heavy (non-hydrogen) atoms. The Hall–Kier alpha value is -1.17. The van der Waals surface area contributed by atoms with Crippen LogP contribution in [0.2, 0.25) is 0 Å². The summed E-state index contributed by atoms with van der Waals surface area (Å²) in [6.45, 7) is 6.77. The Morgan fingerprint density at radius 3 is 2.95 bits per heavy atom. The Kier molecular flexibility index (Phi) is 4.19. The van der Waals surface area contributed by atoms with Crippen LogP contribution in [-0.4, -0.2) is 52.3 Å². The predicted molar refractivity (Wildman–Crippen MR) is 79.1 cm³/mol. The quantitative estimate of drug-likeness (QED) is 0.810. The van der Waals surface area contributed by atoms with Gasteiger partial charge in [-0.15, -0.1) is 11.6 Å². The van der Waals surface area contributed by atoms with E-state index >= 15 is 0 Å². The van der Waals surface area contributed by atoms with Gasteiger partial charge in [-0.1, -0.05) is 0 Å². The average Bonchev–Trinajstić information content (AvgIpc) is 2.86. The van der Waals surface area contributed by atoms with Gasteiger partial charge in [-0.25, -0.2) is 9.97 Å². The van der Waals surface area contributed by atoms with Gasteiger partial charge < -0.3 is 9.30 Å². The standard InChI is InChI=1S/C14H19ClN4O/c1-11(10-18-5-7-20-8-6-18)19-13(9-15)17-12-3-2-4-16-14(12)19/h2-4,11H,5-10H2,1H3. The van der Waals surface area contributed by atoms with Crippen molar-refractivity contribution in [2.75, 3.05) is 32.8 Å². The fraction of sp³-hybridized carbons (Fsp3) is 0.571. The van der Waals surface area contributed by atoms with Crippen LogP contribution in [0.1, 0.15) is 18.8 Å². The van der Waals surface area contributed by atoms with Gasteiger partial charge in [-0.2, -0.15) is 0 Å². The van der Waals surface area contributed by atoms with Gasteiger partial charge >= 0.3 is 0 Å². The van der Waals surface area contributed by atoms with Crippen LogP contribution < -0.4 is 0 Å². The van der Waals surface area contributed by atoms with Crippen molar-refractivity contribution in [1.82, 2.24) is 19.4 Å². The highest BCUT2D eigenvalue weighted by atomic mass is 35.5. The summed E-state index contributed by atoms with van der Waals surface area (Å²) in [4.78, 5) is 11.5. The number of alkyl halides is 1. The number of hydrogen-bond acceptors (Lipinski definition) is 4. The molecule has 0 radical (unpaired) electrons. The number of ether oxygens (including phenoxy) is 1. The lowest BCUT2D eigenvalue weighted by Gasteiger charge is -2.30. The molecule has 0 aliphatic carbocycles. The summed E-state index contributed by atoms with van der Waals surface area (Å²) >= 11 is 6.05. The van der Waals surface area contributed by atoms with Crippen LogP contribution >= 0.6 is 11.6 Å². The van der Waals surface area contributed by atoms with Crippen LogP contribution in [0.5, 0.6) is 0 Å². The zero-order valence-electron chi connectivity index (χ0n) is 11.6. The number of pyridine rings is 1. The highest BCUT2D eigenvalue weighted by molar-refractivity contribution is 6.16. The first kappa shape index (κ1) is 13.8. The summed E-state index contributed by atoms with van der Waals surface area (Å²) in [6.07, 6.45) is 1.81. The van der Waals surface area contributed by atoms with Crippen molar-refractivity contribution in [3.63, 3.8) is 0 Å². The number of aromatic nitrogens is 3. The zero-order valence-corrected chi connectivity index (χ0v) is 12.4. The maximum Gasteiger partial charge on any atom is 0.160 e. The summed E-state index contributed by atoms with van der Waals surface area (Å²) < 4.78 is 7.56. The Morgan fingerprint density at radius 1 is 1.40 bits per heavy atom. The number of imidazole rings is 1. The molecule has 1 aliphatic heterocycles. The summed E-state index contributed by atoms with van der Waals surface area (Å²) in [5.74, 6) is 1.30. The van der Waals surface area contributed by atoms with E-state index in [0.717, 1.165) is 49.8 Å². The molecule has 3 rings (SSSR count). The molecule has 2 aromatic heterocycles. The van der Waals surface area contributed by atoms with Crippen LogP contribution in [0.3, 0.4) is 0 Å². The molecule has 0 aromatic carbocycles. The number of hydrogen-bond donors (Lipinski definition) is 0. The fourth-order valence-electron chi connectivity index (χ4n) is 2.77. The Labute approximate surface area is 123 Å². The van der Waals surface area contributed by atoms with Crippen molar-refractivity contribution in [3.05, 3.63) is 24.2 Å². The van der Waals surface area contributed by atoms with Gasteiger partial charge in [0.25, 0.3) is 0 Å². The third-order valence-corrected chi connectivity index (χ3v) is 3.95. The molecule has 0 amide bonds. The van der Waals surface area contributed by atoms with Crippen LogP contribution in [0.4, 0.5) is 0 Å². The number of halogens is 1. The van der Waals surface area contributed by atoms with Crippen LogP contribution in [-0.2, 0) is 10.6 Å². The van der Waals surface area contributed by atoms with Gasteiger partial charge in [0, 0.05) is 31.9 Å². The molecule has 0 N–H and O–H groups in total. The van der Waals surface area contributed by atoms with Gasteiger partial charge in [-0.3, -0.25) is 4.90 Å². The maximum atomic E-state index is 6.05. The molecule has 1 aliphatic rings. The largest absolute Gasteiger partial charge is 0.379 e. The molecule has 1 fully saturated rings. The Morgan fingerprint density at radius 2 is 2.20 bits per heavy atom. The summed E-state index contributed by atoms with van der Waals surface area (Å²) in [7, 11) is 0. The Balaban J connectivity index is 1.87. The molecule has 108 valence electrons. The van der Waals surface area contributed by atoms with Crippen molar-refractivity contribution in [2.45, 2.75) is 18.8 Å². The lowest BCUT2D eigenvalue weighted by molar-refractivity contribution is 0.0326. The van der Waals surface area contributed by atoms with Gasteiger partial charge in [0.2, 0.25) is 0 Å². The maximum absolute atomic E-state index is 6.05. The second-order valence-corrected chi connectivity index (χ2v) is 5.41. The third kappa shape index (κ3) is 2.66. The molecule has 1 saturated heterocycles. The number of nitrogens with zero attached hydrogens (tertiary/aromatic N) is 4. The average molecular weight is 295 g/mol. The van der Waals surface area contributed by atoms with Crippen molar-refractivity contribution >= 4 is 22.8 Å².